The molecule has 0 bridgehead atoms. The van der Waals surface area contributed by atoms with Crippen LogP contribution in [0.3, 0.4) is 0 Å². The summed E-state index contributed by atoms with van der Waals surface area (Å²) < 4.78 is 7.24. The number of aromatic nitrogens is 1. The molecule has 1 aromatic heterocycles. The fourth-order valence-electron chi connectivity index (χ4n) is 3.59. The summed E-state index contributed by atoms with van der Waals surface area (Å²) in [5.41, 5.74) is 3.34. The van der Waals surface area contributed by atoms with Gasteiger partial charge in [0.15, 0.2) is 0 Å². The first-order chi connectivity index (χ1) is 13.2. The van der Waals surface area contributed by atoms with E-state index in [1.54, 1.807) is 13.2 Å². The van der Waals surface area contributed by atoms with Crippen LogP contribution in [-0.4, -0.2) is 30.1 Å². The van der Waals surface area contributed by atoms with Crippen LogP contribution in [0.5, 0.6) is 0 Å². The molecule has 1 aliphatic rings. The molecule has 4 rings (SSSR count). The van der Waals surface area contributed by atoms with Crippen LogP contribution < -0.4 is 10.6 Å². The van der Waals surface area contributed by atoms with Gasteiger partial charge in [-0.05, 0) is 29.8 Å². The van der Waals surface area contributed by atoms with Crippen molar-refractivity contribution in [2.24, 2.45) is 0 Å². The molecular formula is C21H21N3O3. The minimum atomic E-state index is -0.292. The Bertz CT molecular complexity index is 1010. The lowest BCUT2D eigenvalue weighted by Crippen LogP contribution is -2.24. The van der Waals surface area contributed by atoms with Gasteiger partial charge in [-0.1, -0.05) is 24.3 Å². The van der Waals surface area contributed by atoms with Crippen molar-refractivity contribution in [3.05, 3.63) is 65.9 Å². The Morgan fingerprint density at radius 3 is 2.89 bits per heavy atom. The smallest absolute Gasteiger partial charge is 0.252 e. The molecule has 2 aromatic carbocycles. The number of nitrogens with one attached hydrogen (secondary N) is 2. The monoisotopic (exact) mass is 363 g/mol. The van der Waals surface area contributed by atoms with Crippen LogP contribution in [0.1, 0.15) is 28.4 Å². The number of ether oxygens (including phenoxy) is 1. The lowest BCUT2D eigenvalue weighted by atomic mass is 10.0. The number of hydrogen-bond donors (Lipinski definition) is 2. The van der Waals surface area contributed by atoms with E-state index in [1.165, 1.54) is 0 Å². The highest BCUT2D eigenvalue weighted by Gasteiger charge is 2.29. The topological polar surface area (TPSA) is 72.4 Å². The van der Waals surface area contributed by atoms with Crippen LogP contribution in [-0.2, 0) is 16.1 Å². The molecule has 138 valence electrons. The molecule has 6 heteroatoms. The Hall–Kier alpha value is -3.12. The number of hydrogen-bond acceptors (Lipinski definition) is 3. The lowest BCUT2D eigenvalue weighted by molar-refractivity contribution is -0.116. The van der Waals surface area contributed by atoms with E-state index >= 15 is 0 Å². The number of carbonyl (C=O) groups excluding carboxylic acids is 2. The van der Waals surface area contributed by atoms with Gasteiger partial charge in [-0.25, -0.2) is 0 Å². The van der Waals surface area contributed by atoms with Crippen molar-refractivity contribution in [2.75, 3.05) is 19.0 Å². The molecule has 2 heterocycles. The third-order valence-corrected chi connectivity index (χ3v) is 4.90. The number of benzene rings is 2. The quantitative estimate of drug-likeness (QED) is 0.707. The molecule has 2 N–H and O–H groups in total. The van der Waals surface area contributed by atoms with Crippen LogP contribution in [0.2, 0.25) is 0 Å². The Morgan fingerprint density at radius 1 is 1.19 bits per heavy atom. The number of anilines is 1. The number of methoxy groups -OCH3 is 1. The zero-order valence-corrected chi connectivity index (χ0v) is 15.1. The van der Waals surface area contributed by atoms with Crippen molar-refractivity contribution < 1.29 is 14.3 Å². The van der Waals surface area contributed by atoms with E-state index in [4.69, 9.17) is 4.74 Å². The maximum atomic E-state index is 12.6. The molecule has 0 spiro atoms. The van der Waals surface area contributed by atoms with Crippen LogP contribution in [0, 0.1) is 0 Å². The average molecular weight is 363 g/mol. The van der Waals surface area contributed by atoms with Crippen molar-refractivity contribution in [1.82, 2.24) is 9.88 Å². The van der Waals surface area contributed by atoms with Gasteiger partial charge in [-0.3, -0.25) is 9.59 Å². The number of amides is 2. The number of rotatable bonds is 6. The standard InChI is InChI=1S/C21H21N3O3/c1-27-12-11-24-10-9-16-17(7-4-8-19(16)24)22-20(25)13-18-14-5-2-3-6-15(14)21(26)23-18/h2-10,18H,11-13H2,1H3,(H,22,25)(H,23,26)/t18-/m1/s1. The van der Waals surface area contributed by atoms with Gasteiger partial charge in [0.05, 0.1) is 30.3 Å². The van der Waals surface area contributed by atoms with Crippen molar-refractivity contribution in [3.63, 3.8) is 0 Å². The Balaban J connectivity index is 1.51. The SMILES string of the molecule is COCCn1ccc2c(NC(=O)C[C@H]3NC(=O)c4ccccc43)cccc21. The molecule has 0 aliphatic carbocycles. The molecule has 0 saturated heterocycles. The average Bonchev–Trinajstić information content (AvgIpc) is 3.22. The summed E-state index contributed by atoms with van der Waals surface area (Å²) in [6.45, 7) is 1.38. The summed E-state index contributed by atoms with van der Waals surface area (Å²) in [4.78, 5) is 24.6. The summed E-state index contributed by atoms with van der Waals surface area (Å²) in [6, 6.07) is 14.9. The summed E-state index contributed by atoms with van der Waals surface area (Å²) in [6.07, 6.45) is 2.19. The zero-order chi connectivity index (χ0) is 18.8. The fraction of sp³-hybridized carbons (Fsp3) is 0.238. The summed E-state index contributed by atoms with van der Waals surface area (Å²) in [5, 5.41) is 6.86. The van der Waals surface area contributed by atoms with E-state index in [2.05, 4.69) is 15.2 Å². The highest BCUT2D eigenvalue weighted by Crippen LogP contribution is 2.29. The highest BCUT2D eigenvalue weighted by molar-refractivity contribution is 6.03. The van der Waals surface area contributed by atoms with Gasteiger partial charge in [-0.15, -0.1) is 0 Å². The summed E-state index contributed by atoms with van der Waals surface area (Å²) >= 11 is 0. The van der Waals surface area contributed by atoms with E-state index in [-0.39, 0.29) is 24.3 Å². The second kappa shape index (κ2) is 7.25. The maximum Gasteiger partial charge on any atom is 0.252 e. The predicted octanol–water partition coefficient (Wildman–Crippen LogP) is 3.10. The fourth-order valence-corrected chi connectivity index (χ4v) is 3.59. The molecule has 6 nitrogen and oxygen atoms in total. The highest BCUT2D eigenvalue weighted by atomic mass is 16.5. The number of fused-ring (bicyclic) bond motifs is 2. The summed E-state index contributed by atoms with van der Waals surface area (Å²) in [5.74, 6) is -0.255. The normalized spacial score (nSPS) is 15.6. The molecule has 1 atom stereocenters. The third-order valence-electron chi connectivity index (χ3n) is 4.90. The maximum absolute atomic E-state index is 12.6. The first-order valence-electron chi connectivity index (χ1n) is 8.94. The zero-order valence-electron chi connectivity index (χ0n) is 15.1. The van der Waals surface area contributed by atoms with Crippen molar-refractivity contribution in [3.8, 4) is 0 Å². The van der Waals surface area contributed by atoms with Crippen LogP contribution >= 0.6 is 0 Å². The van der Waals surface area contributed by atoms with Crippen molar-refractivity contribution >= 4 is 28.4 Å². The molecule has 0 saturated carbocycles. The molecular weight excluding hydrogens is 342 g/mol. The first-order valence-corrected chi connectivity index (χ1v) is 8.94. The minimum Gasteiger partial charge on any atom is -0.383 e. The molecule has 1 aliphatic heterocycles. The van der Waals surface area contributed by atoms with E-state index in [0.717, 1.165) is 28.7 Å². The number of nitrogens with zero attached hydrogens (tertiary/aromatic N) is 1. The minimum absolute atomic E-state index is 0.124. The van der Waals surface area contributed by atoms with Gasteiger partial charge < -0.3 is 19.9 Å². The van der Waals surface area contributed by atoms with Gasteiger partial charge in [0.2, 0.25) is 5.91 Å². The molecule has 0 fully saturated rings. The largest absolute Gasteiger partial charge is 0.383 e. The second-order valence-corrected chi connectivity index (χ2v) is 6.61. The van der Waals surface area contributed by atoms with Crippen LogP contribution in [0.15, 0.2) is 54.7 Å². The molecule has 27 heavy (non-hydrogen) atoms. The van der Waals surface area contributed by atoms with Gasteiger partial charge in [0, 0.05) is 30.8 Å². The van der Waals surface area contributed by atoms with Crippen molar-refractivity contribution in [2.45, 2.75) is 19.0 Å². The van der Waals surface area contributed by atoms with Crippen LogP contribution in [0.4, 0.5) is 5.69 Å². The Kier molecular flexibility index (Phi) is 4.64. The number of carbonyl (C=O) groups is 2. The Labute approximate surface area is 157 Å². The van der Waals surface area contributed by atoms with Gasteiger partial charge >= 0.3 is 0 Å². The first kappa shape index (κ1) is 17.3. The lowest BCUT2D eigenvalue weighted by Gasteiger charge is -2.13. The third kappa shape index (κ3) is 3.31. The van der Waals surface area contributed by atoms with Crippen LogP contribution in [0.25, 0.3) is 10.9 Å². The predicted molar refractivity (Wildman–Crippen MR) is 104 cm³/mol. The van der Waals surface area contributed by atoms with Gasteiger partial charge in [0.25, 0.3) is 5.91 Å². The summed E-state index contributed by atoms with van der Waals surface area (Å²) in [7, 11) is 1.68. The Morgan fingerprint density at radius 2 is 2.04 bits per heavy atom. The van der Waals surface area contributed by atoms with Crippen molar-refractivity contribution in [1.29, 1.82) is 0 Å². The van der Waals surface area contributed by atoms with E-state index < -0.39 is 0 Å². The van der Waals surface area contributed by atoms with E-state index in [0.29, 0.717) is 12.2 Å². The van der Waals surface area contributed by atoms with E-state index in [1.807, 2.05) is 48.7 Å². The molecule has 3 aromatic rings. The van der Waals surface area contributed by atoms with Gasteiger partial charge in [0.1, 0.15) is 0 Å². The van der Waals surface area contributed by atoms with E-state index in [9.17, 15) is 9.59 Å². The van der Waals surface area contributed by atoms with Gasteiger partial charge in [-0.2, -0.15) is 0 Å². The second-order valence-electron chi connectivity index (χ2n) is 6.61. The molecule has 2 amide bonds. The molecule has 0 radical (unpaired) electrons. The molecule has 0 unspecified atom stereocenters.